The van der Waals surface area contributed by atoms with E-state index < -0.39 is 35.1 Å². The van der Waals surface area contributed by atoms with Crippen molar-refractivity contribution in [3.8, 4) is 0 Å². The van der Waals surface area contributed by atoms with E-state index in [0.29, 0.717) is 6.92 Å². The highest BCUT2D eigenvalue weighted by atomic mass is 19.4. The molecule has 0 aromatic heterocycles. The second-order valence-electron chi connectivity index (χ2n) is 4.32. The van der Waals surface area contributed by atoms with Gasteiger partial charge in [0.2, 0.25) is 0 Å². The Morgan fingerprint density at radius 3 is 2.00 bits per heavy atom. The Labute approximate surface area is 88.3 Å². The minimum absolute atomic E-state index is 0.300. The summed E-state index contributed by atoms with van der Waals surface area (Å²) in [5.41, 5.74) is -3.51. The average Bonchev–Trinajstić information content (AvgIpc) is 2.56. The molecule has 0 aliphatic heterocycles. The number of hydrogen-bond acceptors (Lipinski definition) is 1. The Kier molecular flexibility index (Phi) is 2.05. The van der Waals surface area contributed by atoms with Crippen molar-refractivity contribution in [3.63, 3.8) is 0 Å². The molecule has 3 unspecified atom stereocenters. The molecular weight excluding hydrogens is 231 g/mol. The maximum Gasteiger partial charge on any atom is 0.407 e. The minimum atomic E-state index is -5.22. The molecular formula is C10H9F5O. The van der Waals surface area contributed by atoms with Gasteiger partial charge in [0.25, 0.3) is 5.92 Å². The van der Waals surface area contributed by atoms with E-state index in [2.05, 4.69) is 0 Å². The van der Waals surface area contributed by atoms with Gasteiger partial charge in [0.15, 0.2) is 11.2 Å². The van der Waals surface area contributed by atoms with Gasteiger partial charge in [-0.15, -0.1) is 0 Å². The third kappa shape index (κ3) is 0.978. The van der Waals surface area contributed by atoms with E-state index in [1.807, 2.05) is 0 Å². The molecule has 2 aliphatic rings. The highest BCUT2D eigenvalue weighted by Gasteiger charge is 2.81. The van der Waals surface area contributed by atoms with E-state index in [1.54, 1.807) is 0 Å². The lowest BCUT2D eigenvalue weighted by molar-refractivity contribution is -0.288. The largest absolute Gasteiger partial charge is 0.407 e. The van der Waals surface area contributed by atoms with Gasteiger partial charge >= 0.3 is 6.18 Å². The second kappa shape index (κ2) is 2.84. The first kappa shape index (κ1) is 11.5. The van der Waals surface area contributed by atoms with Gasteiger partial charge < -0.3 is 0 Å². The van der Waals surface area contributed by atoms with Gasteiger partial charge in [0, 0.05) is 11.8 Å². The molecule has 2 aliphatic carbocycles. The third-order valence-electron chi connectivity index (χ3n) is 3.63. The summed E-state index contributed by atoms with van der Waals surface area (Å²) < 4.78 is 66.1. The Balaban J connectivity index is 2.65. The van der Waals surface area contributed by atoms with E-state index in [1.165, 1.54) is 0 Å². The Morgan fingerprint density at radius 1 is 1.25 bits per heavy atom. The number of allylic oxidation sites excluding steroid dienone is 2. The zero-order valence-electron chi connectivity index (χ0n) is 8.31. The third-order valence-corrected chi connectivity index (χ3v) is 3.63. The highest BCUT2D eigenvalue weighted by molar-refractivity contribution is 5.86. The standard InChI is InChI=1S/C10H9F5O/c1-5(16)8(10(13,14)15)6-2-3-7(4-6)9(8,11)12/h2-3,6-7H,4H2,1H3. The van der Waals surface area contributed by atoms with Gasteiger partial charge in [-0.2, -0.15) is 13.2 Å². The van der Waals surface area contributed by atoms with Gasteiger partial charge in [-0.1, -0.05) is 12.2 Å². The summed E-state index contributed by atoms with van der Waals surface area (Å²) in [7, 11) is 0. The average molecular weight is 240 g/mol. The molecule has 16 heavy (non-hydrogen) atoms. The van der Waals surface area contributed by atoms with Crippen molar-refractivity contribution in [2.24, 2.45) is 17.3 Å². The summed E-state index contributed by atoms with van der Waals surface area (Å²) in [6.45, 7) is 0.593. The molecule has 3 atom stereocenters. The summed E-state index contributed by atoms with van der Waals surface area (Å²) in [6, 6.07) is 0. The van der Waals surface area contributed by atoms with Crippen LogP contribution >= 0.6 is 0 Å². The summed E-state index contributed by atoms with van der Waals surface area (Å²) in [4.78, 5) is 11.2. The number of carbonyl (C=O) groups is 1. The van der Waals surface area contributed by atoms with Crippen LogP contribution in [-0.2, 0) is 4.79 Å². The Bertz CT molecular complexity index is 370. The van der Waals surface area contributed by atoms with Crippen LogP contribution in [0.2, 0.25) is 0 Å². The molecule has 0 saturated heterocycles. The molecule has 0 heterocycles. The highest BCUT2D eigenvalue weighted by Crippen LogP contribution is 2.67. The van der Waals surface area contributed by atoms with E-state index in [0.717, 1.165) is 12.2 Å². The van der Waals surface area contributed by atoms with Gasteiger partial charge in [0.05, 0.1) is 0 Å². The Hall–Kier alpha value is -0.940. The first-order valence-electron chi connectivity index (χ1n) is 4.79. The van der Waals surface area contributed by atoms with Crippen LogP contribution in [0.4, 0.5) is 22.0 Å². The Morgan fingerprint density at radius 2 is 1.75 bits per heavy atom. The smallest absolute Gasteiger partial charge is 0.299 e. The van der Waals surface area contributed by atoms with Crippen molar-refractivity contribution in [1.82, 2.24) is 0 Å². The molecule has 0 spiro atoms. The number of fused-ring (bicyclic) bond motifs is 2. The maximum atomic E-state index is 13.7. The number of carbonyl (C=O) groups excluding carboxylic acids is 1. The van der Waals surface area contributed by atoms with Crippen LogP contribution < -0.4 is 0 Å². The zero-order chi connectivity index (χ0) is 12.4. The van der Waals surface area contributed by atoms with Gasteiger partial charge in [0.1, 0.15) is 0 Å². The van der Waals surface area contributed by atoms with Crippen molar-refractivity contribution in [2.45, 2.75) is 25.4 Å². The molecule has 0 radical (unpaired) electrons. The minimum Gasteiger partial charge on any atom is -0.299 e. The lowest BCUT2D eigenvalue weighted by Crippen LogP contribution is -2.58. The molecule has 90 valence electrons. The molecule has 1 saturated carbocycles. The lowest BCUT2D eigenvalue weighted by Gasteiger charge is -2.40. The van der Waals surface area contributed by atoms with Crippen LogP contribution in [0, 0.1) is 17.3 Å². The summed E-state index contributed by atoms with van der Waals surface area (Å²) >= 11 is 0. The zero-order valence-corrected chi connectivity index (χ0v) is 8.31. The topological polar surface area (TPSA) is 17.1 Å². The fourth-order valence-electron chi connectivity index (χ4n) is 2.92. The number of hydrogen-bond donors (Lipinski definition) is 0. The maximum absolute atomic E-state index is 13.7. The van der Waals surface area contributed by atoms with Crippen LogP contribution in [0.25, 0.3) is 0 Å². The summed E-state index contributed by atoms with van der Waals surface area (Å²) in [6.07, 6.45) is -3.34. The van der Waals surface area contributed by atoms with Gasteiger partial charge in [-0.3, -0.25) is 4.79 Å². The summed E-state index contributed by atoms with van der Waals surface area (Å²) in [5, 5.41) is 0. The van der Waals surface area contributed by atoms with Crippen molar-refractivity contribution in [1.29, 1.82) is 0 Å². The van der Waals surface area contributed by atoms with Crippen LogP contribution in [0.15, 0.2) is 12.2 Å². The molecule has 0 aromatic carbocycles. The van der Waals surface area contributed by atoms with E-state index in [9.17, 15) is 26.7 Å². The van der Waals surface area contributed by atoms with E-state index in [-0.39, 0.29) is 6.42 Å². The molecule has 6 heteroatoms. The number of halogens is 5. The molecule has 0 aromatic rings. The fourth-order valence-corrected chi connectivity index (χ4v) is 2.92. The monoisotopic (exact) mass is 240 g/mol. The predicted octanol–water partition coefficient (Wildman–Crippen LogP) is 2.97. The van der Waals surface area contributed by atoms with Crippen molar-refractivity contribution >= 4 is 5.78 Å². The number of ketones is 1. The molecule has 2 rings (SSSR count). The fraction of sp³-hybridized carbons (Fsp3) is 0.700. The lowest BCUT2D eigenvalue weighted by atomic mass is 9.69. The molecule has 0 N–H and O–H groups in total. The van der Waals surface area contributed by atoms with Gasteiger partial charge in [-0.05, 0) is 13.3 Å². The molecule has 0 amide bonds. The van der Waals surface area contributed by atoms with E-state index in [4.69, 9.17) is 0 Å². The normalized spacial score (nSPS) is 40.4. The summed E-state index contributed by atoms with van der Waals surface area (Å²) in [5.74, 6) is -8.42. The van der Waals surface area contributed by atoms with Crippen molar-refractivity contribution < 1.29 is 26.7 Å². The number of Topliss-reactive ketones (excluding diaryl/α,β-unsaturated/α-hetero) is 1. The first-order valence-corrected chi connectivity index (χ1v) is 4.79. The van der Waals surface area contributed by atoms with E-state index >= 15 is 0 Å². The van der Waals surface area contributed by atoms with Crippen LogP contribution in [0.3, 0.4) is 0 Å². The first-order chi connectivity index (χ1) is 7.15. The number of rotatable bonds is 1. The molecule has 2 bridgehead atoms. The molecule has 1 nitrogen and oxygen atoms in total. The van der Waals surface area contributed by atoms with Crippen molar-refractivity contribution in [2.75, 3.05) is 0 Å². The number of alkyl halides is 5. The van der Waals surface area contributed by atoms with Crippen LogP contribution in [0.5, 0.6) is 0 Å². The van der Waals surface area contributed by atoms with Crippen LogP contribution in [0.1, 0.15) is 13.3 Å². The quantitative estimate of drug-likeness (QED) is 0.508. The predicted molar refractivity (Wildman–Crippen MR) is 44.9 cm³/mol. The molecule has 1 fully saturated rings. The van der Waals surface area contributed by atoms with Gasteiger partial charge in [-0.25, -0.2) is 8.78 Å². The van der Waals surface area contributed by atoms with Crippen molar-refractivity contribution in [3.05, 3.63) is 12.2 Å². The van der Waals surface area contributed by atoms with Crippen LogP contribution in [-0.4, -0.2) is 17.9 Å². The SMILES string of the molecule is CC(=O)C1(C(F)(F)F)C2C=CC(C2)C1(F)F. The second-order valence-corrected chi connectivity index (χ2v) is 4.32.